The first-order valence-electron chi connectivity index (χ1n) is 7.34. The third-order valence-corrected chi connectivity index (χ3v) is 3.43. The van der Waals surface area contributed by atoms with Gasteiger partial charge in [-0.25, -0.2) is 27.8 Å². The minimum absolute atomic E-state index is 0.0296. The number of para-hydroxylation sites is 1. The fourth-order valence-electron chi connectivity index (χ4n) is 2.22. The third-order valence-electron chi connectivity index (χ3n) is 3.43. The van der Waals surface area contributed by atoms with Crippen molar-refractivity contribution in [1.29, 1.82) is 0 Å². The highest BCUT2D eigenvalue weighted by atomic mass is 19.1. The molecule has 0 bridgehead atoms. The van der Waals surface area contributed by atoms with E-state index in [1.165, 1.54) is 24.3 Å². The summed E-state index contributed by atoms with van der Waals surface area (Å²) in [5, 5.41) is 12.6. The molecule has 0 amide bonds. The standard InChI is InChI=1S/C16H9F3N6O/c17-8-5-6-12(10(19)7-8)21-14-13(20-11-4-2-1-3-9(11)18)22-15-16(23-14)25-26-24-15/h1-7H,(H,20,22,24)(H,21,23,25). The zero-order valence-electron chi connectivity index (χ0n) is 12.9. The lowest BCUT2D eigenvalue weighted by Crippen LogP contribution is -2.05. The molecule has 4 aromatic rings. The highest BCUT2D eigenvalue weighted by Crippen LogP contribution is 2.28. The number of rotatable bonds is 4. The minimum atomic E-state index is -0.831. The van der Waals surface area contributed by atoms with Crippen molar-refractivity contribution in [3.05, 3.63) is 59.9 Å². The second-order valence-corrected chi connectivity index (χ2v) is 5.19. The molecule has 26 heavy (non-hydrogen) atoms. The molecule has 0 saturated heterocycles. The van der Waals surface area contributed by atoms with E-state index in [1.807, 2.05) is 0 Å². The summed E-state index contributed by atoms with van der Waals surface area (Å²) in [6.45, 7) is 0. The quantitative estimate of drug-likeness (QED) is 0.572. The van der Waals surface area contributed by atoms with E-state index in [0.29, 0.717) is 0 Å². The maximum atomic E-state index is 13.9. The van der Waals surface area contributed by atoms with Crippen LogP contribution in [0.15, 0.2) is 47.1 Å². The highest BCUT2D eigenvalue weighted by molar-refractivity contribution is 5.79. The van der Waals surface area contributed by atoms with E-state index in [1.54, 1.807) is 6.07 Å². The number of hydrogen-bond donors (Lipinski definition) is 2. The van der Waals surface area contributed by atoms with E-state index in [-0.39, 0.29) is 34.3 Å². The molecule has 2 N–H and O–H groups in total. The Bertz CT molecular complexity index is 1100. The van der Waals surface area contributed by atoms with Crippen molar-refractivity contribution < 1.29 is 17.8 Å². The summed E-state index contributed by atoms with van der Waals surface area (Å²) in [5.41, 5.74) is 0.219. The van der Waals surface area contributed by atoms with Crippen LogP contribution in [-0.2, 0) is 0 Å². The van der Waals surface area contributed by atoms with Gasteiger partial charge in [-0.15, -0.1) is 0 Å². The van der Waals surface area contributed by atoms with Crippen LogP contribution in [-0.4, -0.2) is 20.3 Å². The molecule has 0 aliphatic heterocycles. The Kier molecular flexibility index (Phi) is 3.84. The predicted octanol–water partition coefficient (Wildman–Crippen LogP) is 3.92. The van der Waals surface area contributed by atoms with Crippen LogP contribution in [0.1, 0.15) is 0 Å². The van der Waals surface area contributed by atoms with Crippen LogP contribution in [0.25, 0.3) is 11.3 Å². The summed E-state index contributed by atoms with van der Waals surface area (Å²) in [5.74, 6) is -1.99. The van der Waals surface area contributed by atoms with Gasteiger partial charge in [0, 0.05) is 6.07 Å². The highest BCUT2D eigenvalue weighted by Gasteiger charge is 2.16. The van der Waals surface area contributed by atoms with Gasteiger partial charge in [0.15, 0.2) is 11.6 Å². The largest absolute Gasteiger partial charge is 0.335 e. The Morgan fingerprint density at radius 3 is 1.96 bits per heavy atom. The number of fused-ring (bicyclic) bond motifs is 1. The van der Waals surface area contributed by atoms with Crippen LogP contribution >= 0.6 is 0 Å². The van der Waals surface area contributed by atoms with Crippen molar-refractivity contribution in [3.8, 4) is 0 Å². The van der Waals surface area contributed by atoms with Crippen LogP contribution in [0.4, 0.5) is 36.2 Å². The molecule has 0 aliphatic rings. The lowest BCUT2D eigenvalue weighted by Gasteiger charge is -2.12. The maximum Gasteiger partial charge on any atom is 0.245 e. The van der Waals surface area contributed by atoms with E-state index in [9.17, 15) is 13.2 Å². The summed E-state index contributed by atoms with van der Waals surface area (Å²) in [6.07, 6.45) is 0. The van der Waals surface area contributed by atoms with Crippen LogP contribution in [0, 0.1) is 17.5 Å². The Morgan fingerprint density at radius 2 is 1.35 bits per heavy atom. The van der Waals surface area contributed by atoms with E-state index in [2.05, 4.69) is 35.5 Å². The fourth-order valence-corrected chi connectivity index (χ4v) is 2.22. The van der Waals surface area contributed by atoms with Gasteiger partial charge in [0.1, 0.15) is 17.5 Å². The third kappa shape index (κ3) is 2.99. The van der Waals surface area contributed by atoms with Crippen LogP contribution in [0.5, 0.6) is 0 Å². The Labute approximate surface area is 143 Å². The molecule has 0 unspecified atom stereocenters. The van der Waals surface area contributed by atoms with E-state index >= 15 is 0 Å². The van der Waals surface area contributed by atoms with Gasteiger partial charge in [-0.2, -0.15) is 0 Å². The van der Waals surface area contributed by atoms with Crippen LogP contribution in [0.3, 0.4) is 0 Å². The zero-order chi connectivity index (χ0) is 18.1. The molecule has 0 fully saturated rings. The Balaban J connectivity index is 1.78. The van der Waals surface area contributed by atoms with Crippen molar-refractivity contribution in [2.45, 2.75) is 0 Å². The number of nitrogens with one attached hydrogen (secondary N) is 2. The Morgan fingerprint density at radius 1 is 0.731 bits per heavy atom. The molecular weight excluding hydrogens is 349 g/mol. The summed E-state index contributed by atoms with van der Waals surface area (Å²) in [6, 6.07) is 8.91. The minimum Gasteiger partial charge on any atom is -0.335 e. The van der Waals surface area contributed by atoms with Gasteiger partial charge in [0.25, 0.3) is 0 Å². The molecule has 7 nitrogen and oxygen atoms in total. The molecule has 0 spiro atoms. The number of nitrogens with zero attached hydrogens (tertiary/aromatic N) is 4. The van der Waals surface area contributed by atoms with E-state index in [0.717, 1.165) is 12.1 Å². The summed E-state index contributed by atoms with van der Waals surface area (Å²) in [4.78, 5) is 8.28. The van der Waals surface area contributed by atoms with E-state index in [4.69, 9.17) is 0 Å². The molecular formula is C16H9F3N6O. The number of hydrogen-bond acceptors (Lipinski definition) is 7. The van der Waals surface area contributed by atoms with Gasteiger partial charge >= 0.3 is 0 Å². The van der Waals surface area contributed by atoms with Crippen molar-refractivity contribution >= 4 is 34.3 Å². The normalized spacial score (nSPS) is 10.9. The molecule has 4 rings (SSSR count). The first-order chi connectivity index (χ1) is 12.6. The molecule has 2 aromatic heterocycles. The van der Waals surface area contributed by atoms with Gasteiger partial charge in [-0.3, -0.25) is 0 Å². The first kappa shape index (κ1) is 15.8. The van der Waals surface area contributed by atoms with Gasteiger partial charge in [-0.05, 0) is 34.6 Å². The lowest BCUT2D eigenvalue weighted by molar-refractivity contribution is 0.314. The van der Waals surface area contributed by atoms with E-state index < -0.39 is 17.5 Å². The van der Waals surface area contributed by atoms with Gasteiger partial charge in [-0.1, -0.05) is 12.1 Å². The molecule has 10 heteroatoms. The number of anilines is 4. The van der Waals surface area contributed by atoms with Crippen molar-refractivity contribution in [1.82, 2.24) is 20.3 Å². The SMILES string of the molecule is Fc1ccc(Nc2nc3nonc3nc2Nc2ccccc2F)c(F)c1. The first-order valence-corrected chi connectivity index (χ1v) is 7.34. The molecule has 0 saturated carbocycles. The van der Waals surface area contributed by atoms with Gasteiger partial charge < -0.3 is 10.6 Å². The predicted molar refractivity (Wildman–Crippen MR) is 86.7 cm³/mol. The average molecular weight is 358 g/mol. The molecule has 130 valence electrons. The monoisotopic (exact) mass is 358 g/mol. The van der Waals surface area contributed by atoms with Gasteiger partial charge in [0.2, 0.25) is 11.3 Å². The molecule has 2 heterocycles. The van der Waals surface area contributed by atoms with Crippen LogP contribution < -0.4 is 10.6 Å². The van der Waals surface area contributed by atoms with Crippen molar-refractivity contribution in [2.24, 2.45) is 0 Å². The topological polar surface area (TPSA) is 88.8 Å². The number of aromatic nitrogens is 4. The fraction of sp³-hybridized carbons (Fsp3) is 0. The van der Waals surface area contributed by atoms with Gasteiger partial charge in [0.05, 0.1) is 11.4 Å². The molecule has 2 aromatic carbocycles. The number of benzene rings is 2. The summed E-state index contributed by atoms with van der Waals surface area (Å²) >= 11 is 0. The van der Waals surface area contributed by atoms with Crippen molar-refractivity contribution in [2.75, 3.05) is 10.6 Å². The zero-order valence-corrected chi connectivity index (χ0v) is 12.9. The average Bonchev–Trinajstić information content (AvgIpc) is 3.06. The summed E-state index contributed by atoms with van der Waals surface area (Å²) in [7, 11) is 0. The number of halogens is 3. The summed E-state index contributed by atoms with van der Waals surface area (Å²) < 4.78 is 45.5. The maximum absolute atomic E-state index is 13.9. The second-order valence-electron chi connectivity index (χ2n) is 5.19. The van der Waals surface area contributed by atoms with Crippen LogP contribution in [0.2, 0.25) is 0 Å². The second kappa shape index (κ2) is 6.31. The molecule has 0 aliphatic carbocycles. The van der Waals surface area contributed by atoms with Crippen molar-refractivity contribution in [3.63, 3.8) is 0 Å². The lowest BCUT2D eigenvalue weighted by atomic mass is 10.3. The Hall–Kier alpha value is -3.69. The molecule has 0 atom stereocenters. The smallest absolute Gasteiger partial charge is 0.245 e. The molecule has 0 radical (unpaired) electrons.